The first-order valence-electron chi connectivity index (χ1n) is 7.63. The van der Waals surface area contributed by atoms with Gasteiger partial charge in [0, 0.05) is 0 Å². The van der Waals surface area contributed by atoms with Crippen LogP contribution < -0.4 is 0 Å². The lowest BCUT2D eigenvalue weighted by molar-refractivity contribution is 0.632. The Labute approximate surface area is 121 Å². The van der Waals surface area contributed by atoms with Gasteiger partial charge in [0.05, 0.1) is 0 Å². The minimum absolute atomic E-state index is 1.10. The molecule has 0 rings (SSSR count). The second kappa shape index (κ2) is 9.83. The van der Waals surface area contributed by atoms with E-state index in [1.54, 1.807) is 0 Å². The van der Waals surface area contributed by atoms with Crippen LogP contribution in [-0.4, -0.2) is 0 Å². The average Bonchev–Trinajstić information content (AvgIpc) is 2.37. The molecule has 0 heteroatoms. The molecule has 0 aromatic rings. The van der Waals surface area contributed by atoms with Gasteiger partial charge in [0.15, 0.2) is 0 Å². The van der Waals surface area contributed by atoms with Crippen molar-refractivity contribution in [3.8, 4) is 0 Å². The van der Waals surface area contributed by atoms with E-state index >= 15 is 0 Å². The van der Waals surface area contributed by atoms with Crippen molar-refractivity contribution >= 4 is 0 Å². The van der Waals surface area contributed by atoms with Gasteiger partial charge in [-0.2, -0.15) is 0 Å². The highest BCUT2D eigenvalue weighted by atomic mass is 14.1. The summed E-state index contributed by atoms with van der Waals surface area (Å²) in [5.41, 5.74) is 6.32. The van der Waals surface area contributed by atoms with Gasteiger partial charge in [-0.05, 0) is 57.3 Å². The summed E-state index contributed by atoms with van der Waals surface area (Å²) in [7, 11) is 0. The monoisotopic (exact) mass is 260 g/mol. The first-order chi connectivity index (χ1) is 8.95. The molecule has 0 saturated carbocycles. The summed E-state index contributed by atoms with van der Waals surface area (Å²) in [5.74, 6) is 0. The van der Waals surface area contributed by atoms with Gasteiger partial charge in [-0.15, -0.1) is 0 Å². The summed E-state index contributed by atoms with van der Waals surface area (Å²) in [5, 5.41) is 0. The van der Waals surface area contributed by atoms with Crippen molar-refractivity contribution < 1.29 is 0 Å². The Hall–Kier alpha value is -1.04. The van der Waals surface area contributed by atoms with Gasteiger partial charge in [0.25, 0.3) is 0 Å². The second-order valence-electron chi connectivity index (χ2n) is 5.52. The highest BCUT2D eigenvalue weighted by molar-refractivity contribution is 5.51. The van der Waals surface area contributed by atoms with E-state index < -0.39 is 0 Å². The summed E-state index contributed by atoms with van der Waals surface area (Å²) >= 11 is 0. The molecule has 19 heavy (non-hydrogen) atoms. The molecule has 0 saturated heterocycles. The van der Waals surface area contributed by atoms with Crippen LogP contribution in [0.1, 0.15) is 73.1 Å². The van der Waals surface area contributed by atoms with E-state index in [-0.39, 0.29) is 0 Å². The summed E-state index contributed by atoms with van der Waals surface area (Å²) in [6.07, 6.45) is 9.83. The summed E-state index contributed by atoms with van der Waals surface area (Å²) in [6, 6.07) is 0. The van der Waals surface area contributed by atoms with Crippen molar-refractivity contribution in [2.45, 2.75) is 73.1 Å². The molecule has 0 heterocycles. The Balaban J connectivity index is 4.66. The quantitative estimate of drug-likeness (QED) is 0.317. The molecule has 108 valence electrons. The molecule has 0 fully saturated rings. The molecule has 0 radical (unpaired) electrons. The molecule has 0 aromatic heterocycles. The molecule has 0 N–H and O–H groups in total. The molecule has 0 aliphatic rings. The molecule has 0 amide bonds. The lowest BCUT2D eigenvalue weighted by Gasteiger charge is -2.16. The molecule has 0 aliphatic heterocycles. The third kappa shape index (κ3) is 6.61. The maximum atomic E-state index is 4.29. The molecule has 0 atom stereocenters. The Morgan fingerprint density at radius 3 is 2.00 bits per heavy atom. The van der Waals surface area contributed by atoms with Crippen molar-refractivity contribution in [1.82, 2.24) is 0 Å². The van der Waals surface area contributed by atoms with Gasteiger partial charge < -0.3 is 0 Å². The smallest absolute Gasteiger partial charge is 0.0175 e. The topological polar surface area (TPSA) is 0 Å². The Morgan fingerprint density at radius 2 is 1.53 bits per heavy atom. The predicted octanol–water partition coefficient (Wildman–Crippen LogP) is 6.76. The predicted molar refractivity (Wildman–Crippen MR) is 89.5 cm³/mol. The maximum Gasteiger partial charge on any atom is -0.0175 e. The lowest BCUT2D eigenvalue weighted by atomic mass is 9.89. The number of hydrogen-bond acceptors (Lipinski definition) is 0. The SMILES string of the molecule is C=C(C)/C(C(=C)CCCCCCC)=C(C)\C(C)=C\C. The van der Waals surface area contributed by atoms with Gasteiger partial charge >= 0.3 is 0 Å². The second-order valence-corrected chi connectivity index (χ2v) is 5.52. The fourth-order valence-electron chi connectivity index (χ4n) is 2.37. The van der Waals surface area contributed by atoms with E-state index in [1.807, 2.05) is 0 Å². The zero-order chi connectivity index (χ0) is 14.8. The highest BCUT2D eigenvalue weighted by Gasteiger charge is 2.09. The van der Waals surface area contributed by atoms with Crippen LogP contribution in [0.4, 0.5) is 0 Å². The first kappa shape index (κ1) is 18.0. The van der Waals surface area contributed by atoms with Crippen LogP contribution in [0.5, 0.6) is 0 Å². The van der Waals surface area contributed by atoms with Crippen LogP contribution in [0.25, 0.3) is 0 Å². The van der Waals surface area contributed by atoms with Gasteiger partial charge in [0.2, 0.25) is 0 Å². The first-order valence-corrected chi connectivity index (χ1v) is 7.63. The van der Waals surface area contributed by atoms with Crippen LogP contribution in [0.3, 0.4) is 0 Å². The number of rotatable bonds is 9. The zero-order valence-electron chi connectivity index (χ0n) is 13.7. The third-order valence-corrected chi connectivity index (χ3v) is 3.76. The van der Waals surface area contributed by atoms with E-state index in [2.05, 4.69) is 53.9 Å². The van der Waals surface area contributed by atoms with Crippen molar-refractivity contribution in [3.63, 3.8) is 0 Å². The molecule has 0 bridgehead atoms. The summed E-state index contributed by atoms with van der Waals surface area (Å²) in [6.45, 7) is 19.2. The van der Waals surface area contributed by atoms with Crippen molar-refractivity contribution in [2.24, 2.45) is 0 Å². The fourth-order valence-corrected chi connectivity index (χ4v) is 2.37. The Bertz CT molecular complexity index is 363. The standard InChI is InChI=1S/C19H32/c1-8-10-11-12-13-14-17(6)19(15(3)4)18(7)16(5)9-2/h9H,3,6,8,10-14H2,1-2,4-5,7H3/b16-9+,19-18+. The Morgan fingerprint density at radius 1 is 0.947 bits per heavy atom. The van der Waals surface area contributed by atoms with Crippen LogP contribution in [0.15, 0.2) is 47.1 Å². The van der Waals surface area contributed by atoms with Gasteiger partial charge in [-0.25, -0.2) is 0 Å². The molecular formula is C19H32. The van der Waals surface area contributed by atoms with Crippen molar-refractivity contribution in [1.29, 1.82) is 0 Å². The van der Waals surface area contributed by atoms with Gasteiger partial charge in [-0.3, -0.25) is 0 Å². The molecule has 0 nitrogen and oxygen atoms in total. The molecule has 0 spiro atoms. The number of allylic oxidation sites excluding steroid dienone is 6. The van der Waals surface area contributed by atoms with Crippen molar-refractivity contribution in [3.05, 3.63) is 47.1 Å². The van der Waals surface area contributed by atoms with Crippen LogP contribution >= 0.6 is 0 Å². The number of hydrogen-bond donors (Lipinski definition) is 0. The number of unbranched alkanes of at least 4 members (excludes halogenated alkanes) is 4. The van der Waals surface area contributed by atoms with E-state index in [0.29, 0.717) is 0 Å². The van der Waals surface area contributed by atoms with Crippen LogP contribution in [0.2, 0.25) is 0 Å². The van der Waals surface area contributed by atoms with Gasteiger partial charge in [0.1, 0.15) is 0 Å². The summed E-state index contributed by atoms with van der Waals surface area (Å²) in [4.78, 5) is 0. The van der Waals surface area contributed by atoms with E-state index in [0.717, 1.165) is 12.0 Å². The normalized spacial score (nSPS) is 13.2. The maximum absolute atomic E-state index is 4.29. The largest absolute Gasteiger partial charge is 0.0955 e. The van der Waals surface area contributed by atoms with Gasteiger partial charge in [-0.1, -0.05) is 63.0 Å². The minimum atomic E-state index is 1.10. The third-order valence-electron chi connectivity index (χ3n) is 3.76. The molecular weight excluding hydrogens is 228 g/mol. The molecule has 0 unspecified atom stereocenters. The van der Waals surface area contributed by atoms with Crippen LogP contribution in [0, 0.1) is 0 Å². The minimum Gasteiger partial charge on any atom is -0.0955 e. The van der Waals surface area contributed by atoms with E-state index in [9.17, 15) is 0 Å². The summed E-state index contributed by atoms with van der Waals surface area (Å²) < 4.78 is 0. The van der Waals surface area contributed by atoms with E-state index in [1.165, 1.54) is 54.4 Å². The fraction of sp³-hybridized carbons (Fsp3) is 0.579. The lowest BCUT2D eigenvalue weighted by Crippen LogP contribution is -1.96. The molecule has 0 aliphatic carbocycles. The van der Waals surface area contributed by atoms with Crippen LogP contribution in [-0.2, 0) is 0 Å². The average molecular weight is 260 g/mol. The highest BCUT2D eigenvalue weighted by Crippen LogP contribution is 2.28. The zero-order valence-corrected chi connectivity index (χ0v) is 13.7. The van der Waals surface area contributed by atoms with Crippen molar-refractivity contribution in [2.75, 3.05) is 0 Å². The molecule has 0 aromatic carbocycles. The Kier molecular flexibility index (Phi) is 9.30. The van der Waals surface area contributed by atoms with E-state index in [4.69, 9.17) is 0 Å².